The van der Waals surface area contributed by atoms with Crippen molar-refractivity contribution in [1.82, 2.24) is 0 Å². The molecule has 0 aliphatic rings. The van der Waals surface area contributed by atoms with Gasteiger partial charge in [-0.25, -0.2) is 0 Å². The third kappa shape index (κ3) is 5.49. The number of rotatable bonds is 8. The van der Waals surface area contributed by atoms with Crippen molar-refractivity contribution in [2.24, 2.45) is 0 Å². The molecule has 0 radical (unpaired) electrons. The van der Waals surface area contributed by atoms with Gasteiger partial charge in [0, 0.05) is 17.8 Å². The Balaban J connectivity index is 1.78. The fourth-order valence-corrected chi connectivity index (χ4v) is 3.20. The van der Waals surface area contributed by atoms with Gasteiger partial charge in [0.1, 0.15) is 23.2 Å². The molecule has 1 N–H and O–H groups in total. The Morgan fingerprint density at radius 1 is 1.19 bits per heavy atom. The SMILES string of the molecule is CCCCc1ccc(NC(=O)/C(C#N)=C/c2ccc(-c3ccc(C)cc3[N+](=O)[O-])o2)cc1. The highest BCUT2D eigenvalue weighted by Gasteiger charge is 2.18. The van der Waals surface area contributed by atoms with E-state index in [1.807, 2.05) is 18.2 Å². The van der Waals surface area contributed by atoms with Gasteiger partial charge in [-0.15, -0.1) is 0 Å². The van der Waals surface area contributed by atoms with Gasteiger partial charge in [0.05, 0.1) is 10.5 Å². The number of nitrogens with zero attached hydrogens (tertiary/aromatic N) is 2. The molecule has 3 rings (SSSR count). The van der Waals surface area contributed by atoms with Crippen molar-refractivity contribution < 1.29 is 14.1 Å². The molecule has 0 aliphatic carbocycles. The molecule has 1 amide bonds. The third-order valence-electron chi connectivity index (χ3n) is 4.92. The average Bonchev–Trinajstić information content (AvgIpc) is 3.25. The Morgan fingerprint density at radius 3 is 2.59 bits per heavy atom. The summed E-state index contributed by atoms with van der Waals surface area (Å²) < 4.78 is 5.67. The second-order valence-corrected chi connectivity index (χ2v) is 7.40. The van der Waals surface area contributed by atoms with Gasteiger partial charge < -0.3 is 9.73 Å². The molecular weight excluding hydrogens is 406 g/mol. The number of nitro groups is 1. The zero-order valence-electron chi connectivity index (χ0n) is 17.9. The lowest BCUT2D eigenvalue weighted by Crippen LogP contribution is -2.13. The van der Waals surface area contributed by atoms with Gasteiger partial charge in [0.25, 0.3) is 11.6 Å². The molecule has 162 valence electrons. The minimum absolute atomic E-state index is 0.0736. The maximum atomic E-state index is 12.5. The van der Waals surface area contributed by atoms with Gasteiger partial charge in [-0.05, 0) is 61.2 Å². The first-order chi connectivity index (χ1) is 15.4. The molecule has 0 spiro atoms. The van der Waals surface area contributed by atoms with E-state index < -0.39 is 10.8 Å². The largest absolute Gasteiger partial charge is 0.456 e. The van der Waals surface area contributed by atoms with Crippen LogP contribution in [0.2, 0.25) is 0 Å². The zero-order valence-corrected chi connectivity index (χ0v) is 17.9. The number of benzene rings is 2. The number of nitrogens with one attached hydrogen (secondary N) is 1. The highest BCUT2D eigenvalue weighted by atomic mass is 16.6. The van der Waals surface area contributed by atoms with Crippen molar-refractivity contribution in [3.05, 3.63) is 87.2 Å². The Bertz CT molecular complexity index is 1200. The summed E-state index contributed by atoms with van der Waals surface area (Å²) in [6.45, 7) is 3.90. The predicted octanol–water partition coefficient (Wildman–Crippen LogP) is 6.05. The van der Waals surface area contributed by atoms with Crippen molar-refractivity contribution in [3.63, 3.8) is 0 Å². The summed E-state index contributed by atoms with van der Waals surface area (Å²) in [5, 5.41) is 23.5. The first kappa shape index (κ1) is 22.5. The lowest BCUT2D eigenvalue weighted by atomic mass is 10.1. The van der Waals surface area contributed by atoms with E-state index in [9.17, 15) is 20.2 Å². The van der Waals surface area contributed by atoms with Gasteiger partial charge in [0.15, 0.2) is 0 Å². The number of hydrogen-bond donors (Lipinski definition) is 1. The van der Waals surface area contributed by atoms with Crippen LogP contribution < -0.4 is 5.32 Å². The third-order valence-corrected chi connectivity index (χ3v) is 4.92. The Labute approximate surface area is 186 Å². The predicted molar refractivity (Wildman–Crippen MR) is 123 cm³/mol. The Kier molecular flexibility index (Phi) is 7.19. The number of amides is 1. The molecule has 0 saturated heterocycles. The molecule has 1 aromatic heterocycles. The smallest absolute Gasteiger partial charge is 0.280 e. The summed E-state index contributed by atoms with van der Waals surface area (Å²) >= 11 is 0. The lowest BCUT2D eigenvalue weighted by Gasteiger charge is -2.06. The molecule has 32 heavy (non-hydrogen) atoms. The minimum Gasteiger partial charge on any atom is -0.456 e. The minimum atomic E-state index is -0.562. The molecule has 1 heterocycles. The van der Waals surface area contributed by atoms with Crippen molar-refractivity contribution in [2.45, 2.75) is 33.1 Å². The van der Waals surface area contributed by atoms with E-state index in [4.69, 9.17) is 4.42 Å². The van der Waals surface area contributed by atoms with Crippen molar-refractivity contribution in [1.29, 1.82) is 5.26 Å². The van der Waals surface area contributed by atoms with Gasteiger partial charge in [0.2, 0.25) is 0 Å². The van der Waals surface area contributed by atoms with Crippen LogP contribution in [0.3, 0.4) is 0 Å². The van der Waals surface area contributed by atoms with Gasteiger partial charge >= 0.3 is 0 Å². The van der Waals surface area contributed by atoms with E-state index in [2.05, 4.69) is 12.2 Å². The van der Waals surface area contributed by atoms with Gasteiger partial charge in [-0.3, -0.25) is 14.9 Å². The summed E-state index contributed by atoms with van der Waals surface area (Å²) in [5.41, 5.74) is 2.65. The van der Waals surface area contributed by atoms with Crippen LogP contribution in [-0.2, 0) is 11.2 Å². The maximum absolute atomic E-state index is 12.5. The topological polar surface area (TPSA) is 109 Å². The quantitative estimate of drug-likeness (QED) is 0.203. The van der Waals surface area contributed by atoms with E-state index in [1.54, 1.807) is 43.3 Å². The second kappa shape index (κ2) is 10.2. The zero-order chi connectivity index (χ0) is 23.1. The molecule has 0 bridgehead atoms. The molecule has 0 fully saturated rings. The second-order valence-electron chi connectivity index (χ2n) is 7.40. The Hall–Kier alpha value is -4.18. The summed E-state index contributed by atoms with van der Waals surface area (Å²) in [5.74, 6) is -0.0344. The van der Waals surface area contributed by atoms with Crippen LogP contribution in [0.25, 0.3) is 17.4 Å². The highest BCUT2D eigenvalue weighted by molar-refractivity contribution is 6.09. The molecule has 3 aromatic rings. The number of unbranched alkanes of at least 4 members (excludes halogenated alkanes) is 1. The first-order valence-corrected chi connectivity index (χ1v) is 10.3. The highest BCUT2D eigenvalue weighted by Crippen LogP contribution is 2.32. The summed E-state index contributed by atoms with van der Waals surface area (Å²) in [6.07, 6.45) is 4.51. The molecule has 0 saturated carbocycles. The molecule has 7 heteroatoms. The molecular formula is C25H23N3O4. The fraction of sp³-hybridized carbons (Fsp3) is 0.200. The van der Waals surface area contributed by atoms with Crippen LogP contribution in [-0.4, -0.2) is 10.8 Å². The number of aryl methyl sites for hydroxylation is 2. The van der Waals surface area contributed by atoms with Crippen LogP contribution in [0, 0.1) is 28.4 Å². The molecule has 0 unspecified atom stereocenters. The van der Waals surface area contributed by atoms with Crippen LogP contribution in [0.15, 0.2) is 64.6 Å². The van der Waals surface area contributed by atoms with Crippen LogP contribution in [0.1, 0.15) is 36.7 Å². The molecule has 0 atom stereocenters. The van der Waals surface area contributed by atoms with E-state index in [0.717, 1.165) is 24.8 Å². The maximum Gasteiger partial charge on any atom is 0.280 e. The van der Waals surface area contributed by atoms with Gasteiger partial charge in [-0.1, -0.05) is 31.5 Å². The number of nitriles is 1. The van der Waals surface area contributed by atoms with Crippen LogP contribution >= 0.6 is 0 Å². The Morgan fingerprint density at radius 2 is 1.94 bits per heavy atom. The standard InChI is InChI=1S/C25H23N3O4/c1-3-4-5-18-7-9-20(10-8-18)27-25(29)19(16-26)15-21-11-13-24(32-21)22-12-6-17(2)14-23(22)28(30)31/h6-15H,3-5H2,1-2H3,(H,27,29)/b19-15+. The van der Waals surface area contributed by atoms with E-state index in [-0.39, 0.29) is 22.8 Å². The summed E-state index contributed by atoms with van der Waals surface area (Å²) in [6, 6.07) is 17.4. The normalized spacial score (nSPS) is 11.1. The number of anilines is 1. The van der Waals surface area contributed by atoms with E-state index in [1.165, 1.54) is 17.7 Å². The van der Waals surface area contributed by atoms with Crippen LogP contribution in [0.5, 0.6) is 0 Å². The van der Waals surface area contributed by atoms with Crippen molar-refractivity contribution >= 4 is 23.4 Å². The number of carbonyl (C=O) groups excluding carboxylic acids is 1. The number of furan rings is 1. The van der Waals surface area contributed by atoms with E-state index in [0.29, 0.717) is 11.3 Å². The monoisotopic (exact) mass is 429 g/mol. The first-order valence-electron chi connectivity index (χ1n) is 10.3. The number of hydrogen-bond acceptors (Lipinski definition) is 5. The van der Waals surface area contributed by atoms with Gasteiger partial charge in [-0.2, -0.15) is 5.26 Å². The molecule has 0 aliphatic heterocycles. The van der Waals surface area contributed by atoms with Crippen molar-refractivity contribution in [3.8, 4) is 17.4 Å². The molecule has 2 aromatic carbocycles. The summed E-state index contributed by atoms with van der Waals surface area (Å²) in [4.78, 5) is 23.4. The number of carbonyl (C=O) groups is 1. The molecule has 7 nitrogen and oxygen atoms in total. The lowest BCUT2D eigenvalue weighted by molar-refractivity contribution is -0.384. The van der Waals surface area contributed by atoms with Crippen molar-refractivity contribution in [2.75, 3.05) is 5.32 Å². The number of nitro benzene ring substituents is 1. The summed E-state index contributed by atoms with van der Waals surface area (Å²) in [7, 11) is 0. The van der Waals surface area contributed by atoms with Crippen LogP contribution in [0.4, 0.5) is 11.4 Å². The fourth-order valence-electron chi connectivity index (χ4n) is 3.20. The average molecular weight is 429 g/mol. The van der Waals surface area contributed by atoms with E-state index >= 15 is 0 Å².